The van der Waals surface area contributed by atoms with Gasteiger partial charge in [-0.1, -0.05) is 18.3 Å². The molecule has 0 aliphatic heterocycles. The Hall–Kier alpha value is -1.58. The van der Waals surface area contributed by atoms with Crippen molar-refractivity contribution in [2.45, 2.75) is 13.3 Å². The predicted molar refractivity (Wildman–Crippen MR) is 77.0 cm³/mol. The van der Waals surface area contributed by atoms with E-state index in [1.54, 1.807) is 12.3 Å². The Labute approximate surface area is 121 Å². The number of rotatable bonds is 4. The number of nitrogen functional groups attached to an aromatic ring is 1. The molecule has 4 N–H and O–H groups in total. The van der Waals surface area contributed by atoms with Crippen molar-refractivity contribution in [1.82, 2.24) is 15.2 Å². The molecule has 1 amide bonds. The number of anilines is 2. The molecule has 2 aromatic rings. The molecule has 0 atom stereocenters. The fraction of sp³-hybridized carbons (Fsp3) is 0.200. The van der Waals surface area contributed by atoms with Gasteiger partial charge in [0.15, 0.2) is 5.82 Å². The SMILES string of the molecule is CCc1nnc(NC(=O)c2cc(Br)cnc2NN)s1. The number of hydrogen-bond donors (Lipinski definition) is 3. The number of hydrogen-bond acceptors (Lipinski definition) is 7. The predicted octanol–water partition coefficient (Wildman–Crippen LogP) is 1.80. The maximum absolute atomic E-state index is 12.1. The first-order valence-electron chi connectivity index (χ1n) is 5.40. The summed E-state index contributed by atoms with van der Waals surface area (Å²) in [5.41, 5.74) is 2.70. The first kappa shape index (κ1) is 13.8. The number of pyridine rings is 1. The summed E-state index contributed by atoms with van der Waals surface area (Å²) in [7, 11) is 0. The molecule has 2 rings (SSSR count). The largest absolute Gasteiger partial charge is 0.308 e. The van der Waals surface area contributed by atoms with Crippen LogP contribution in [0, 0.1) is 0 Å². The molecule has 2 aromatic heterocycles. The number of halogens is 1. The Bertz CT molecular complexity index is 601. The van der Waals surface area contributed by atoms with Crippen molar-refractivity contribution in [2.75, 3.05) is 10.7 Å². The second kappa shape index (κ2) is 6.04. The molecule has 2 heterocycles. The highest BCUT2D eigenvalue weighted by Gasteiger charge is 2.15. The molecule has 0 fully saturated rings. The van der Waals surface area contributed by atoms with Crippen molar-refractivity contribution < 1.29 is 4.79 Å². The minimum Gasteiger partial charge on any atom is -0.308 e. The van der Waals surface area contributed by atoms with Crippen LogP contribution in [0.5, 0.6) is 0 Å². The number of aromatic nitrogens is 3. The van der Waals surface area contributed by atoms with Crippen LogP contribution in [0.2, 0.25) is 0 Å². The third-order valence-electron chi connectivity index (χ3n) is 2.23. The van der Waals surface area contributed by atoms with Gasteiger partial charge in [-0.2, -0.15) is 0 Å². The van der Waals surface area contributed by atoms with Crippen LogP contribution in [0.25, 0.3) is 0 Å². The van der Waals surface area contributed by atoms with Gasteiger partial charge in [0.25, 0.3) is 5.91 Å². The number of carbonyl (C=O) groups excluding carboxylic acids is 1. The Morgan fingerprint density at radius 1 is 1.53 bits per heavy atom. The van der Waals surface area contributed by atoms with Crippen molar-refractivity contribution >= 4 is 44.1 Å². The van der Waals surface area contributed by atoms with Crippen LogP contribution in [-0.4, -0.2) is 21.1 Å². The summed E-state index contributed by atoms with van der Waals surface area (Å²) in [6.07, 6.45) is 2.33. The van der Waals surface area contributed by atoms with Gasteiger partial charge in [0.05, 0.1) is 5.56 Å². The van der Waals surface area contributed by atoms with Crippen LogP contribution < -0.4 is 16.6 Å². The van der Waals surface area contributed by atoms with E-state index in [2.05, 4.69) is 41.9 Å². The molecule has 0 aromatic carbocycles. The fourth-order valence-electron chi connectivity index (χ4n) is 1.34. The molecule has 0 unspecified atom stereocenters. The van der Waals surface area contributed by atoms with Crippen molar-refractivity contribution in [2.24, 2.45) is 5.84 Å². The quantitative estimate of drug-likeness (QED) is 0.577. The lowest BCUT2D eigenvalue weighted by Gasteiger charge is -2.07. The highest BCUT2D eigenvalue weighted by molar-refractivity contribution is 9.10. The maximum Gasteiger partial charge on any atom is 0.261 e. The fourth-order valence-corrected chi connectivity index (χ4v) is 2.34. The Morgan fingerprint density at radius 3 is 2.95 bits per heavy atom. The second-order valence-electron chi connectivity index (χ2n) is 3.50. The summed E-state index contributed by atoms with van der Waals surface area (Å²) in [5, 5.41) is 11.8. The van der Waals surface area contributed by atoms with Crippen LogP contribution in [0.15, 0.2) is 16.7 Å². The van der Waals surface area contributed by atoms with Gasteiger partial charge in [-0.15, -0.1) is 10.2 Å². The minimum atomic E-state index is -0.347. The second-order valence-corrected chi connectivity index (χ2v) is 5.48. The summed E-state index contributed by atoms with van der Waals surface area (Å²) in [4.78, 5) is 16.1. The smallest absolute Gasteiger partial charge is 0.261 e. The zero-order valence-corrected chi connectivity index (χ0v) is 12.4. The van der Waals surface area contributed by atoms with Crippen LogP contribution >= 0.6 is 27.3 Å². The molecule has 0 saturated carbocycles. The van der Waals surface area contributed by atoms with E-state index in [9.17, 15) is 4.79 Å². The molecule has 9 heteroatoms. The number of nitrogens with zero attached hydrogens (tertiary/aromatic N) is 3. The van der Waals surface area contributed by atoms with E-state index < -0.39 is 0 Å². The van der Waals surface area contributed by atoms with E-state index in [-0.39, 0.29) is 5.91 Å². The molecular formula is C10H11BrN6OS. The number of nitrogens with one attached hydrogen (secondary N) is 2. The number of amides is 1. The van der Waals surface area contributed by atoms with Gasteiger partial charge in [0.2, 0.25) is 5.13 Å². The summed E-state index contributed by atoms with van der Waals surface area (Å²) in [6.45, 7) is 1.97. The zero-order chi connectivity index (χ0) is 13.8. The van der Waals surface area contributed by atoms with Crippen LogP contribution in [0.4, 0.5) is 10.9 Å². The summed E-state index contributed by atoms with van der Waals surface area (Å²) in [6, 6.07) is 1.62. The lowest BCUT2D eigenvalue weighted by atomic mass is 10.2. The number of hydrazine groups is 1. The summed E-state index contributed by atoms with van der Waals surface area (Å²) in [5.74, 6) is 5.27. The zero-order valence-electron chi connectivity index (χ0n) is 9.98. The third kappa shape index (κ3) is 3.25. The molecule has 0 aliphatic rings. The molecular weight excluding hydrogens is 332 g/mol. The molecule has 0 radical (unpaired) electrons. The molecule has 0 spiro atoms. The van der Waals surface area contributed by atoms with Gasteiger partial charge < -0.3 is 5.43 Å². The normalized spacial score (nSPS) is 10.3. The Kier molecular flexibility index (Phi) is 4.40. The molecule has 0 saturated heterocycles. The number of nitrogens with two attached hydrogens (primary N) is 1. The van der Waals surface area contributed by atoms with E-state index in [1.807, 2.05) is 6.92 Å². The molecule has 100 valence electrons. The molecule has 0 bridgehead atoms. The average molecular weight is 343 g/mol. The highest BCUT2D eigenvalue weighted by Crippen LogP contribution is 2.20. The van der Waals surface area contributed by atoms with E-state index in [0.717, 1.165) is 11.4 Å². The maximum atomic E-state index is 12.1. The van der Waals surface area contributed by atoms with Gasteiger partial charge in [-0.05, 0) is 28.4 Å². The van der Waals surface area contributed by atoms with Crippen molar-refractivity contribution in [3.63, 3.8) is 0 Å². The van der Waals surface area contributed by atoms with Crippen LogP contribution in [-0.2, 0) is 6.42 Å². The van der Waals surface area contributed by atoms with Gasteiger partial charge in [-0.25, -0.2) is 10.8 Å². The monoisotopic (exact) mass is 342 g/mol. The van der Waals surface area contributed by atoms with Crippen molar-refractivity contribution in [1.29, 1.82) is 0 Å². The summed E-state index contributed by atoms with van der Waals surface area (Å²) >= 11 is 4.59. The van der Waals surface area contributed by atoms with Crippen LogP contribution in [0.1, 0.15) is 22.3 Å². The Balaban J connectivity index is 2.21. The molecule has 7 nitrogen and oxygen atoms in total. The van der Waals surface area contributed by atoms with E-state index >= 15 is 0 Å². The van der Waals surface area contributed by atoms with Crippen molar-refractivity contribution in [3.8, 4) is 0 Å². The topological polar surface area (TPSA) is 106 Å². The van der Waals surface area contributed by atoms with Crippen molar-refractivity contribution in [3.05, 3.63) is 27.3 Å². The number of carbonyl (C=O) groups is 1. The minimum absolute atomic E-state index is 0.293. The third-order valence-corrected chi connectivity index (χ3v) is 3.64. The van der Waals surface area contributed by atoms with Gasteiger partial charge in [0.1, 0.15) is 5.01 Å². The lowest BCUT2D eigenvalue weighted by Crippen LogP contribution is -2.18. The molecule has 0 aliphatic carbocycles. The first-order chi connectivity index (χ1) is 9.13. The van der Waals surface area contributed by atoms with E-state index in [1.165, 1.54) is 11.3 Å². The lowest BCUT2D eigenvalue weighted by molar-refractivity contribution is 0.102. The van der Waals surface area contributed by atoms with Gasteiger partial charge >= 0.3 is 0 Å². The standard InChI is InChI=1S/C10H11BrN6OS/c1-2-7-16-17-10(19-7)14-9(18)6-3-5(11)4-13-8(6)15-12/h3-4H,2,12H2,1H3,(H,13,15)(H,14,17,18). The van der Waals surface area contributed by atoms with Gasteiger partial charge in [-0.3, -0.25) is 10.1 Å². The highest BCUT2D eigenvalue weighted by atomic mass is 79.9. The Morgan fingerprint density at radius 2 is 2.32 bits per heavy atom. The summed E-state index contributed by atoms with van der Waals surface area (Å²) < 4.78 is 0.683. The van der Waals surface area contributed by atoms with Gasteiger partial charge in [0, 0.05) is 10.7 Å². The van der Waals surface area contributed by atoms with Crippen LogP contribution in [0.3, 0.4) is 0 Å². The van der Waals surface area contributed by atoms with E-state index in [4.69, 9.17) is 5.84 Å². The number of aryl methyl sites for hydroxylation is 1. The molecule has 19 heavy (non-hydrogen) atoms. The van der Waals surface area contributed by atoms with E-state index in [0.29, 0.717) is 21.0 Å². The average Bonchev–Trinajstić information content (AvgIpc) is 2.86. The first-order valence-corrected chi connectivity index (χ1v) is 7.01.